The van der Waals surface area contributed by atoms with Crippen molar-refractivity contribution in [1.29, 1.82) is 0 Å². The van der Waals surface area contributed by atoms with Crippen LogP contribution in [0.15, 0.2) is 0 Å². The highest BCUT2D eigenvalue weighted by atomic mass is 32.2. The number of nitrogens with two attached hydrogens (primary N) is 1. The molecule has 0 fully saturated rings. The molecular formula is C10H24N2O3S. The van der Waals surface area contributed by atoms with Crippen LogP contribution in [0.4, 0.5) is 0 Å². The van der Waals surface area contributed by atoms with Crippen LogP contribution >= 0.6 is 0 Å². The summed E-state index contributed by atoms with van der Waals surface area (Å²) in [4.78, 5) is 0. The minimum absolute atomic E-state index is 0.0158. The molecule has 0 bridgehead atoms. The molecule has 0 saturated heterocycles. The van der Waals surface area contributed by atoms with Crippen molar-refractivity contribution in [3.05, 3.63) is 0 Å². The second-order valence-electron chi connectivity index (χ2n) is 3.83. The lowest BCUT2D eigenvalue weighted by atomic mass is 10.0. The lowest BCUT2D eigenvalue weighted by molar-refractivity contribution is 0.0623. The quantitative estimate of drug-likeness (QED) is 0.460. The van der Waals surface area contributed by atoms with E-state index in [0.29, 0.717) is 12.8 Å². The average Bonchev–Trinajstić information content (AvgIpc) is 2.28. The number of hydrazine groups is 1. The number of hydrogen-bond donors (Lipinski definition) is 2. The predicted molar refractivity (Wildman–Crippen MR) is 65.8 cm³/mol. The topological polar surface area (TPSA) is 81.4 Å². The Kier molecular flexibility index (Phi) is 7.91. The maximum atomic E-state index is 11.3. The van der Waals surface area contributed by atoms with Crippen LogP contribution in [0.3, 0.4) is 0 Å². The summed E-state index contributed by atoms with van der Waals surface area (Å²) in [7, 11) is -1.23. The Bertz CT molecular complexity index is 263. The molecule has 0 aromatic heterocycles. The van der Waals surface area contributed by atoms with Gasteiger partial charge in [0, 0.05) is 18.9 Å². The van der Waals surface area contributed by atoms with Crippen molar-refractivity contribution in [1.82, 2.24) is 5.43 Å². The van der Waals surface area contributed by atoms with Crippen molar-refractivity contribution >= 4 is 9.84 Å². The first kappa shape index (κ1) is 15.8. The molecule has 2 atom stereocenters. The molecule has 3 N–H and O–H groups in total. The van der Waals surface area contributed by atoms with Gasteiger partial charge in [0.15, 0.2) is 0 Å². The molecule has 5 nitrogen and oxygen atoms in total. The Morgan fingerprint density at radius 1 is 1.38 bits per heavy atom. The first-order chi connectivity index (χ1) is 7.50. The number of methoxy groups -OCH3 is 1. The molecular weight excluding hydrogens is 228 g/mol. The van der Waals surface area contributed by atoms with E-state index in [2.05, 4.69) is 5.43 Å². The Morgan fingerprint density at radius 3 is 2.38 bits per heavy atom. The fraction of sp³-hybridized carbons (Fsp3) is 1.00. The van der Waals surface area contributed by atoms with Gasteiger partial charge in [-0.3, -0.25) is 11.3 Å². The van der Waals surface area contributed by atoms with Crippen LogP contribution < -0.4 is 11.3 Å². The number of sulfone groups is 1. The van der Waals surface area contributed by atoms with Gasteiger partial charge < -0.3 is 4.74 Å². The molecule has 0 aromatic rings. The van der Waals surface area contributed by atoms with Crippen LogP contribution in [0.5, 0.6) is 0 Å². The number of ether oxygens (including phenoxy) is 1. The van der Waals surface area contributed by atoms with Crippen LogP contribution in [-0.2, 0) is 14.6 Å². The van der Waals surface area contributed by atoms with Crippen molar-refractivity contribution < 1.29 is 13.2 Å². The normalized spacial score (nSPS) is 16.0. The lowest BCUT2D eigenvalue weighted by Gasteiger charge is -2.24. The molecule has 2 unspecified atom stereocenters. The standard InChI is InChI=1S/C10H24N2O3S/c1-4-10(15-3)9(12-11)7-6-8-16(13,14)5-2/h9-10,12H,4-8,11H2,1-3H3. The maximum Gasteiger partial charge on any atom is 0.150 e. The van der Waals surface area contributed by atoms with E-state index in [0.717, 1.165) is 6.42 Å². The minimum Gasteiger partial charge on any atom is -0.380 e. The highest BCUT2D eigenvalue weighted by Crippen LogP contribution is 2.09. The van der Waals surface area contributed by atoms with Gasteiger partial charge in [-0.15, -0.1) is 0 Å². The third-order valence-corrected chi connectivity index (χ3v) is 4.57. The van der Waals surface area contributed by atoms with Gasteiger partial charge in [-0.2, -0.15) is 0 Å². The summed E-state index contributed by atoms with van der Waals surface area (Å²) < 4.78 is 27.9. The van der Waals surface area contributed by atoms with Crippen molar-refractivity contribution in [2.75, 3.05) is 18.6 Å². The van der Waals surface area contributed by atoms with Gasteiger partial charge in [-0.25, -0.2) is 8.42 Å². The van der Waals surface area contributed by atoms with E-state index in [1.165, 1.54) is 0 Å². The van der Waals surface area contributed by atoms with E-state index in [1.807, 2.05) is 6.92 Å². The Morgan fingerprint density at radius 2 is 2.00 bits per heavy atom. The number of hydrogen-bond acceptors (Lipinski definition) is 5. The van der Waals surface area contributed by atoms with E-state index in [9.17, 15) is 8.42 Å². The molecule has 0 saturated carbocycles. The summed E-state index contributed by atoms with van der Waals surface area (Å²) >= 11 is 0. The first-order valence-electron chi connectivity index (χ1n) is 5.70. The van der Waals surface area contributed by atoms with Gasteiger partial charge in [-0.05, 0) is 19.3 Å². The summed E-state index contributed by atoms with van der Waals surface area (Å²) in [6.45, 7) is 3.68. The smallest absolute Gasteiger partial charge is 0.150 e. The van der Waals surface area contributed by atoms with E-state index in [4.69, 9.17) is 10.6 Å². The zero-order valence-corrected chi connectivity index (χ0v) is 11.2. The molecule has 0 aromatic carbocycles. The van der Waals surface area contributed by atoms with Crippen molar-refractivity contribution in [2.45, 2.75) is 45.3 Å². The fourth-order valence-electron chi connectivity index (χ4n) is 1.66. The van der Waals surface area contributed by atoms with Crippen LogP contribution in [0.1, 0.15) is 33.1 Å². The van der Waals surface area contributed by atoms with Crippen molar-refractivity contribution in [2.24, 2.45) is 5.84 Å². The Balaban J connectivity index is 4.06. The lowest BCUT2D eigenvalue weighted by Crippen LogP contribution is -2.44. The molecule has 0 radical (unpaired) electrons. The summed E-state index contributed by atoms with van der Waals surface area (Å²) in [5.41, 5.74) is 2.69. The minimum atomic E-state index is -2.87. The highest BCUT2D eigenvalue weighted by Gasteiger charge is 2.18. The van der Waals surface area contributed by atoms with Crippen molar-refractivity contribution in [3.63, 3.8) is 0 Å². The van der Waals surface area contributed by atoms with E-state index in [1.54, 1.807) is 14.0 Å². The maximum absolute atomic E-state index is 11.3. The predicted octanol–water partition coefficient (Wildman–Crippen LogP) is 0.458. The molecule has 0 heterocycles. The largest absolute Gasteiger partial charge is 0.380 e. The van der Waals surface area contributed by atoms with Crippen LogP contribution in [0.25, 0.3) is 0 Å². The SMILES string of the molecule is CCC(OC)C(CCCS(=O)(=O)CC)NN. The second kappa shape index (κ2) is 8.00. The number of rotatable bonds is 9. The van der Waals surface area contributed by atoms with Crippen LogP contribution in [-0.4, -0.2) is 39.2 Å². The fourth-order valence-corrected chi connectivity index (χ4v) is 2.55. The highest BCUT2D eigenvalue weighted by molar-refractivity contribution is 7.91. The average molecular weight is 252 g/mol. The summed E-state index contributed by atoms with van der Waals surface area (Å²) in [5, 5.41) is 0. The molecule has 0 amide bonds. The monoisotopic (exact) mass is 252 g/mol. The van der Waals surface area contributed by atoms with Crippen molar-refractivity contribution in [3.8, 4) is 0 Å². The molecule has 0 rings (SSSR count). The van der Waals surface area contributed by atoms with Gasteiger partial charge >= 0.3 is 0 Å². The Labute approximate surface area is 98.6 Å². The molecule has 0 aliphatic carbocycles. The zero-order valence-electron chi connectivity index (χ0n) is 10.4. The summed E-state index contributed by atoms with van der Waals surface area (Å²) in [6, 6.07) is 0.0158. The van der Waals surface area contributed by atoms with Gasteiger partial charge in [0.1, 0.15) is 9.84 Å². The summed E-state index contributed by atoms with van der Waals surface area (Å²) in [6.07, 6.45) is 2.22. The molecule has 0 spiro atoms. The van der Waals surface area contributed by atoms with E-state index >= 15 is 0 Å². The first-order valence-corrected chi connectivity index (χ1v) is 7.52. The van der Waals surface area contributed by atoms with Gasteiger partial charge in [0.2, 0.25) is 0 Å². The van der Waals surface area contributed by atoms with Gasteiger partial charge in [-0.1, -0.05) is 13.8 Å². The molecule has 0 aliphatic heterocycles. The van der Waals surface area contributed by atoms with Crippen LogP contribution in [0.2, 0.25) is 0 Å². The molecule has 98 valence electrons. The third kappa shape index (κ3) is 5.79. The Hall–Kier alpha value is -0.170. The van der Waals surface area contributed by atoms with E-state index in [-0.39, 0.29) is 23.7 Å². The number of nitrogens with one attached hydrogen (secondary N) is 1. The zero-order chi connectivity index (χ0) is 12.6. The third-order valence-electron chi connectivity index (χ3n) is 2.78. The summed E-state index contributed by atoms with van der Waals surface area (Å²) in [5.74, 6) is 5.86. The van der Waals surface area contributed by atoms with Crippen LogP contribution in [0, 0.1) is 0 Å². The van der Waals surface area contributed by atoms with Gasteiger partial charge in [0.25, 0.3) is 0 Å². The second-order valence-corrected chi connectivity index (χ2v) is 6.31. The van der Waals surface area contributed by atoms with E-state index < -0.39 is 9.84 Å². The molecule has 16 heavy (non-hydrogen) atoms. The molecule has 0 aliphatic rings. The molecule has 6 heteroatoms. The van der Waals surface area contributed by atoms with Gasteiger partial charge in [0.05, 0.1) is 11.9 Å².